The van der Waals surface area contributed by atoms with Crippen LogP contribution in [-0.4, -0.2) is 19.3 Å². The van der Waals surface area contributed by atoms with Crippen LogP contribution >= 0.6 is 23.2 Å². The summed E-state index contributed by atoms with van der Waals surface area (Å²) in [6.45, 7) is 1.23. The summed E-state index contributed by atoms with van der Waals surface area (Å²) in [5.41, 5.74) is 0.964. The molecule has 1 aromatic rings. The fourth-order valence-electron chi connectivity index (χ4n) is 1.60. The van der Waals surface area contributed by atoms with Gasteiger partial charge in [-0.15, -0.1) is 0 Å². The molecule has 102 valence electrons. The average molecular weight is 300 g/mol. The summed E-state index contributed by atoms with van der Waals surface area (Å²) in [5.74, 6) is 0.0876. The lowest BCUT2D eigenvalue weighted by molar-refractivity contribution is -0.125. The van der Waals surface area contributed by atoms with Crippen LogP contribution in [0.3, 0.4) is 0 Å². The second-order valence-corrected chi connectivity index (χ2v) is 5.12. The lowest BCUT2D eigenvalue weighted by Gasteiger charge is -2.14. The van der Waals surface area contributed by atoms with Crippen LogP contribution in [0, 0.1) is 5.92 Å². The van der Waals surface area contributed by atoms with Gasteiger partial charge >= 0.3 is 6.18 Å². The van der Waals surface area contributed by atoms with Crippen molar-refractivity contribution < 1.29 is 13.2 Å². The van der Waals surface area contributed by atoms with Gasteiger partial charge in [0.25, 0.3) is 0 Å². The van der Waals surface area contributed by atoms with Crippen molar-refractivity contribution in [2.24, 2.45) is 5.92 Å². The van der Waals surface area contributed by atoms with Gasteiger partial charge < -0.3 is 5.32 Å². The molecule has 1 unspecified atom stereocenters. The Hall–Kier alpha value is -0.450. The Kier molecular flexibility index (Phi) is 5.76. The Bertz CT molecular complexity index is 393. The molecule has 0 saturated heterocycles. The third-order valence-corrected chi connectivity index (χ3v) is 3.13. The summed E-state index contributed by atoms with van der Waals surface area (Å²) in [6, 6.07) is 5.26. The Morgan fingerprint density at radius 2 is 1.89 bits per heavy atom. The van der Waals surface area contributed by atoms with E-state index >= 15 is 0 Å². The summed E-state index contributed by atoms with van der Waals surface area (Å²) < 4.78 is 35.8. The quantitative estimate of drug-likeness (QED) is 0.853. The molecule has 0 aliphatic carbocycles. The van der Waals surface area contributed by atoms with Gasteiger partial charge in [0.1, 0.15) is 0 Å². The maximum Gasteiger partial charge on any atom is 0.401 e. The maximum absolute atomic E-state index is 11.9. The van der Waals surface area contributed by atoms with Gasteiger partial charge in [-0.1, -0.05) is 36.2 Å². The van der Waals surface area contributed by atoms with Gasteiger partial charge in [-0.05, 0) is 36.6 Å². The molecule has 0 heterocycles. The minimum absolute atomic E-state index is 0.0876. The first kappa shape index (κ1) is 15.6. The molecular formula is C12H14Cl2F3N. The Labute approximate surface area is 114 Å². The standard InChI is InChI=1S/C12H14Cl2F3N/c1-8(6-18-7-12(15,16)17)4-9-2-3-10(13)11(14)5-9/h2-3,5,8,18H,4,6-7H2,1H3. The van der Waals surface area contributed by atoms with Crippen LogP contribution < -0.4 is 5.32 Å². The molecule has 1 aromatic carbocycles. The van der Waals surface area contributed by atoms with Crippen molar-refractivity contribution in [1.82, 2.24) is 5.32 Å². The molecule has 0 fully saturated rings. The molecule has 0 radical (unpaired) electrons. The highest BCUT2D eigenvalue weighted by molar-refractivity contribution is 6.42. The first-order chi connectivity index (χ1) is 8.28. The van der Waals surface area contributed by atoms with Gasteiger partial charge in [0.05, 0.1) is 16.6 Å². The molecular weight excluding hydrogens is 286 g/mol. The van der Waals surface area contributed by atoms with Gasteiger partial charge in [-0.25, -0.2) is 0 Å². The van der Waals surface area contributed by atoms with Gasteiger partial charge in [0.15, 0.2) is 0 Å². The van der Waals surface area contributed by atoms with Crippen LogP contribution in [0.5, 0.6) is 0 Å². The van der Waals surface area contributed by atoms with Crippen molar-refractivity contribution in [3.05, 3.63) is 33.8 Å². The number of halogens is 5. The van der Waals surface area contributed by atoms with E-state index in [1.807, 2.05) is 13.0 Å². The number of benzene rings is 1. The third-order valence-electron chi connectivity index (χ3n) is 2.39. The van der Waals surface area contributed by atoms with E-state index in [4.69, 9.17) is 23.2 Å². The van der Waals surface area contributed by atoms with E-state index in [1.165, 1.54) is 0 Å². The number of alkyl halides is 3. The van der Waals surface area contributed by atoms with Crippen molar-refractivity contribution in [3.63, 3.8) is 0 Å². The van der Waals surface area contributed by atoms with E-state index in [0.29, 0.717) is 23.0 Å². The summed E-state index contributed by atoms with van der Waals surface area (Å²) in [7, 11) is 0. The first-order valence-electron chi connectivity index (χ1n) is 5.49. The normalized spacial score (nSPS) is 13.7. The van der Waals surface area contributed by atoms with E-state index in [0.717, 1.165) is 5.56 Å². The Morgan fingerprint density at radius 1 is 1.22 bits per heavy atom. The lowest BCUT2D eigenvalue weighted by Crippen LogP contribution is -2.32. The van der Waals surface area contributed by atoms with Crippen LogP contribution in [0.25, 0.3) is 0 Å². The lowest BCUT2D eigenvalue weighted by atomic mass is 10.0. The predicted molar refractivity (Wildman–Crippen MR) is 68.3 cm³/mol. The minimum atomic E-state index is -4.16. The molecule has 0 bridgehead atoms. The smallest absolute Gasteiger partial charge is 0.308 e. The zero-order chi connectivity index (χ0) is 13.8. The van der Waals surface area contributed by atoms with E-state index < -0.39 is 12.7 Å². The molecule has 1 nitrogen and oxygen atoms in total. The van der Waals surface area contributed by atoms with Crippen LogP contribution in [0.15, 0.2) is 18.2 Å². The van der Waals surface area contributed by atoms with Gasteiger partial charge in [0, 0.05) is 0 Å². The number of hydrogen-bond acceptors (Lipinski definition) is 1. The zero-order valence-electron chi connectivity index (χ0n) is 9.82. The second-order valence-electron chi connectivity index (χ2n) is 4.30. The van der Waals surface area contributed by atoms with Crippen LogP contribution in [0.1, 0.15) is 12.5 Å². The molecule has 0 aliphatic heterocycles. The molecule has 0 aromatic heterocycles. The van der Waals surface area contributed by atoms with Crippen molar-refractivity contribution >= 4 is 23.2 Å². The average Bonchev–Trinajstić information content (AvgIpc) is 2.21. The van der Waals surface area contributed by atoms with E-state index in [2.05, 4.69) is 5.32 Å². The Morgan fingerprint density at radius 3 is 2.44 bits per heavy atom. The minimum Gasteiger partial charge on any atom is -0.308 e. The van der Waals surface area contributed by atoms with E-state index in [-0.39, 0.29) is 5.92 Å². The number of hydrogen-bond donors (Lipinski definition) is 1. The third kappa shape index (κ3) is 5.94. The summed E-state index contributed by atoms with van der Waals surface area (Å²) in [4.78, 5) is 0. The largest absolute Gasteiger partial charge is 0.401 e. The highest BCUT2D eigenvalue weighted by Crippen LogP contribution is 2.23. The van der Waals surface area contributed by atoms with Crippen molar-refractivity contribution in [1.29, 1.82) is 0 Å². The summed E-state index contributed by atoms with van der Waals surface area (Å²) >= 11 is 11.6. The number of rotatable bonds is 5. The molecule has 18 heavy (non-hydrogen) atoms. The SMILES string of the molecule is CC(CNCC(F)(F)F)Cc1ccc(Cl)c(Cl)c1. The molecule has 0 aliphatic rings. The summed E-state index contributed by atoms with van der Waals surface area (Å²) in [5, 5.41) is 3.33. The molecule has 1 rings (SSSR count). The second kappa shape index (κ2) is 6.64. The van der Waals surface area contributed by atoms with Crippen molar-refractivity contribution in [2.75, 3.05) is 13.1 Å². The predicted octanol–water partition coefficient (Wildman–Crippen LogP) is 4.32. The summed E-state index contributed by atoms with van der Waals surface area (Å²) in [6.07, 6.45) is -3.51. The topological polar surface area (TPSA) is 12.0 Å². The maximum atomic E-state index is 11.9. The molecule has 1 N–H and O–H groups in total. The fourth-order valence-corrected chi connectivity index (χ4v) is 1.92. The van der Waals surface area contributed by atoms with E-state index in [1.54, 1.807) is 12.1 Å². The molecule has 0 spiro atoms. The van der Waals surface area contributed by atoms with E-state index in [9.17, 15) is 13.2 Å². The fraction of sp³-hybridized carbons (Fsp3) is 0.500. The van der Waals surface area contributed by atoms with Crippen molar-refractivity contribution in [2.45, 2.75) is 19.5 Å². The number of nitrogens with one attached hydrogen (secondary N) is 1. The van der Waals surface area contributed by atoms with Gasteiger partial charge in [-0.3, -0.25) is 0 Å². The Balaban J connectivity index is 2.40. The van der Waals surface area contributed by atoms with Crippen LogP contribution in [0.2, 0.25) is 10.0 Å². The van der Waals surface area contributed by atoms with Gasteiger partial charge in [-0.2, -0.15) is 13.2 Å². The van der Waals surface area contributed by atoms with Crippen LogP contribution in [-0.2, 0) is 6.42 Å². The van der Waals surface area contributed by atoms with Gasteiger partial charge in [0.2, 0.25) is 0 Å². The molecule has 1 atom stereocenters. The highest BCUT2D eigenvalue weighted by atomic mass is 35.5. The zero-order valence-corrected chi connectivity index (χ0v) is 11.3. The first-order valence-corrected chi connectivity index (χ1v) is 6.25. The van der Waals surface area contributed by atoms with Crippen molar-refractivity contribution in [3.8, 4) is 0 Å². The monoisotopic (exact) mass is 299 g/mol. The molecule has 0 amide bonds. The van der Waals surface area contributed by atoms with Crippen LogP contribution in [0.4, 0.5) is 13.2 Å². The highest BCUT2D eigenvalue weighted by Gasteiger charge is 2.26. The molecule has 6 heteroatoms. The molecule has 0 saturated carbocycles.